The van der Waals surface area contributed by atoms with Gasteiger partial charge in [0.05, 0.1) is 5.56 Å². The van der Waals surface area contributed by atoms with Gasteiger partial charge >= 0.3 is 12.1 Å². The number of carboxylic acids is 1. The Labute approximate surface area is 202 Å². The Morgan fingerprint density at radius 1 is 0.971 bits per heavy atom. The molecule has 0 saturated heterocycles. The maximum Gasteiger partial charge on any atom is 0.416 e. The molecule has 0 saturated carbocycles. The van der Waals surface area contributed by atoms with E-state index in [1.807, 2.05) is 24.0 Å². The van der Waals surface area contributed by atoms with Crippen LogP contribution in [0.5, 0.6) is 5.75 Å². The minimum atomic E-state index is -4.38. The second-order valence-electron chi connectivity index (χ2n) is 8.11. The third-order valence-electron chi connectivity index (χ3n) is 5.56. The molecule has 0 aliphatic rings. The third kappa shape index (κ3) is 7.43. The van der Waals surface area contributed by atoms with E-state index in [0.29, 0.717) is 43.2 Å². The molecule has 3 aromatic rings. The molecule has 1 N–H and O–H groups in total. The fourth-order valence-corrected chi connectivity index (χ4v) is 3.43. The molecule has 1 unspecified atom stereocenters. The van der Waals surface area contributed by atoms with Crippen LogP contribution in [0.25, 0.3) is 0 Å². The van der Waals surface area contributed by atoms with E-state index in [2.05, 4.69) is 9.97 Å². The van der Waals surface area contributed by atoms with Gasteiger partial charge in [0, 0.05) is 25.5 Å². The number of aryl methyl sites for hydroxylation is 1. The van der Waals surface area contributed by atoms with Gasteiger partial charge in [-0.05, 0) is 60.2 Å². The maximum absolute atomic E-state index is 12.9. The van der Waals surface area contributed by atoms with Crippen LogP contribution in [0, 0.1) is 0 Å². The van der Waals surface area contributed by atoms with E-state index in [0.717, 1.165) is 29.7 Å². The van der Waals surface area contributed by atoms with Crippen LogP contribution in [0.4, 0.5) is 19.1 Å². The summed E-state index contributed by atoms with van der Waals surface area (Å²) in [4.78, 5) is 22.0. The number of carboxylic acid groups (broad SMARTS) is 1. The molecular formula is C26H28F3N3O3. The summed E-state index contributed by atoms with van der Waals surface area (Å²) in [7, 11) is 0. The topological polar surface area (TPSA) is 75.6 Å². The highest BCUT2D eigenvalue weighted by Crippen LogP contribution is 2.29. The van der Waals surface area contributed by atoms with Crippen molar-refractivity contribution in [2.24, 2.45) is 0 Å². The molecule has 0 aliphatic heterocycles. The number of halogens is 3. The lowest BCUT2D eigenvalue weighted by Gasteiger charge is -2.23. The quantitative estimate of drug-likeness (QED) is 0.382. The van der Waals surface area contributed by atoms with E-state index in [-0.39, 0.29) is 0 Å². The molecule has 35 heavy (non-hydrogen) atoms. The van der Waals surface area contributed by atoms with Crippen LogP contribution in [0.15, 0.2) is 60.9 Å². The van der Waals surface area contributed by atoms with Crippen molar-refractivity contribution < 1.29 is 27.8 Å². The average Bonchev–Trinajstić information content (AvgIpc) is 2.85. The van der Waals surface area contributed by atoms with Gasteiger partial charge in [-0.1, -0.05) is 38.1 Å². The van der Waals surface area contributed by atoms with E-state index < -0.39 is 23.8 Å². The lowest BCUT2D eigenvalue weighted by Crippen LogP contribution is -2.27. The van der Waals surface area contributed by atoms with Crippen molar-refractivity contribution >= 4 is 11.9 Å². The predicted octanol–water partition coefficient (Wildman–Crippen LogP) is 5.55. The Morgan fingerprint density at radius 2 is 1.57 bits per heavy atom. The van der Waals surface area contributed by atoms with Gasteiger partial charge in [0.1, 0.15) is 5.75 Å². The van der Waals surface area contributed by atoms with Crippen LogP contribution in [0.1, 0.15) is 42.5 Å². The number of ether oxygens (including phenoxy) is 1. The second kappa shape index (κ2) is 11.7. The largest absolute Gasteiger partial charge is 0.479 e. The molecular weight excluding hydrogens is 459 g/mol. The molecule has 0 fully saturated rings. The van der Waals surface area contributed by atoms with Gasteiger partial charge in [0.25, 0.3) is 0 Å². The van der Waals surface area contributed by atoms with Gasteiger partial charge < -0.3 is 14.7 Å². The van der Waals surface area contributed by atoms with Gasteiger partial charge in [0.2, 0.25) is 5.95 Å². The molecule has 1 aromatic heterocycles. The van der Waals surface area contributed by atoms with Crippen LogP contribution in [-0.4, -0.2) is 33.7 Å². The molecule has 1 atom stereocenters. The van der Waals surface area contributed by atoms with Crippen LogP contribution in [-0.2, 0) is 30.4 Å². The van der Waals surface area contributed by atoms with Crippen LogP contribution in [0.3, 0.4) is 0 Å². The first-order chi connectivity index (χ1) is 16.7. The van der Waals surface area contributed by atoms with E-state index in [1.54, 1.807) is 31.5 Å². The molecule has 0 aliphatic carbocycles. The Balaban J connectivity index is 1.72. The number of rotatable bonds is 11. The molecule has 9 heteroatoms. The summed E-state index contributed by atoms with van der Waals surface area (Å²) in [6, 6.07) is 12.3. The zero-order chi connectivity index (χ0) is 25.4. The van der Waals surface area contributed by atoms with E-state index in [1.165, 1.54) is 12.1 Å². The highest BCUT2D eigenvalue weighted by atomic mass is 19.4. The summed E-state index contributed by atoms with van der Waals surface area (Å²) < 4.78 is 44.2. The second-order valence-corrected chi connectivity index (χ2v) is 8.11. The summed E-state index contributed by atoms with van der Waals surface area (Å²) in [5.74, 6) is -0.0398. The standard InChI is InChI=1S/C26H28F3N3O3/c1-3-18-15-30-25(31-16-18)32(17-20-5-9-21(10-6-20)26(27,28)29)14-13-19-7-11-22(12-8-19)35-23(4-2)24(33)34/h5-12,15-16,23H,3-4,13-14,17H2,1-2H3,(H,33,34). The number of hydrogen-bond acceptors (Lipinski definition) is 5. The van der Waals surface area contributed by atoms with E-state index in [4.69, 9.17) is 9.84 Å². The van der Waals surface area contributed by atoms with Gasteiger partial charge in [-0.15, -0.1) is 0 Å². The lowest BCUT2D eigenvalue weighted by molar-refractivity contribution is -0.145. The summed E-state index contributed by atoms with van der Waals surface area (Å²) in [6.07, 6.45) is -0.00332. The normalized spacial score (nSPS) is 12.3. The zero-order valence-electron chi connectivity index (χ0n) is 19.6. The van der Waals surface area contributed by atoms with Crippen LogP contribution >= 0.6 is 0 Å². The zero-order valence-corrected chi connectivity index (χ0v) is 19.6. The average molecular weight is 488 g/mol. The number of benzene rings is 2. The highest BCUT2D eigenvalue weighted by Gasteiger charge is 2.30. The Bertz CT molecular complexity index is 1090. The van der Waals surface area contributed by atoms with Crippen molar-refractivity contribution in [3.63, 3.8) is 0 Å². The molecule has 0 amide bonds. The van der Waals surface area contributed by atoms with Crippen molar-refractivity contribution in [1.29, 1.82) is 0 Å². The van der Waals surface area contributed by atoms with Crippen molar-refractivity contribution in [2.45, 2.75) is 51.9 Å². The molecule has 6 nitrogen and oxygen atoms in total. The maximum atomic E-state index is 12.9. The predicted molar refractivity (Wildman–Crippen MR) is 126 cm³/mol. The summed E-state index contributed by atoms with van der Waals surface area (Å²) in [5.41, 5.74) is 2.00. The highest BCUT2D eigenvalue weighted by molar-refractivity contribution is 5.72. The molecule has 0 radical (unpaired) electrons. The number of carbonyl (C=O) groups is 1. The first-order valence-electron chi connectivity index (χ1n) is 11.4. The van der Waals surface area contributed by atoms with Crippen LogP contribution in [0.2, 0.25) is 0 Å². The number of alkyl halides is 3. The first-order valence-corrected chi connectivity index (χ1v) is 11.4. The summed E-state index contributed by atoms with van der Waals surface area (Å²) >= 11 is 0. The van der Waals surface area contributed by atoms with Gasteiger partial charge in [-0.25, -0.2) is 14.8 Å². The minimum absolute atomic E-state index is 0.349. The molecule has 1 heterocycles. The van der Waals surface area contributed by atoms with E-state index >= 15 is 0 Å². The molecule has 0 spiro atoms. The number of nitrogens with zero attached hydrogens (tertiary/aromatic N) is 3. The van der Waals surface area contributed by atoms with Gasteiger partial charge in [-0.3, -0.25) is 0 Å². The summed E-state index contributed by atoms with van der Waals surface area (Å²) in [5, 5.41) is 9.15. The van der Waals surface area contributed by atoms with Crippen LogP contribution < -0.4 is 9.64 Å². The Hall–Kier alpha value is -3.62. The molecule has 3 rings (SSSR count). The fraction of sp³-hybridized carbons (Fsp3) is 0.346. The van der Waals surface area contributed by atoms with Crippen molar-refractivity contribution in [1.82, 2.24) is 9.97 Å². The van der Waals surface area contributed by atoms with Crippen molar-refractivity contribution in [3.05, 3.63) is 83.2 Å². The SMILES string of the molecule is CCc1cnc(N(CCc2ccc(OC(CC)C(=O)O)cc2)Cc2ccc(C(F)(F)F)cc2)nc1. The Morgan fingerprint density at radius 3 is 2.09 bits per heavy atom. The minimum Gasteiger partial charge on any atom is -0.479 e. The van der Waals surface area contributed by atoms with Gasteiger partial charge in [0.15, 0.2) is 6.10 Å². The molecule has 186 valence electrons. The molecule has 2 aromatic carbocycles. The number of anilines is 1. The smallest absolute Gasteiger partial charge is 0.416 e. The number of hydrogen-bond donors (Lipinski definition) is 1. The lowest BCUT2D eigenvalue weighted by atomic mass is 10.1. The third-order valence-corrected chi connectivity index (χ3v) is 5.56. The Kier molecular flexibility index (Phi) is 8.68. The molecule has 0 bridgehead atoms. The van der Waals surface area contributed by atoms with Crippen molar-refractivity contribution in [2.75, 3.05) is 11.4 Å². The monoisotopic (exact) mass is 487 g/mol. The number of aromatic nitrogens is 2. The summed E-state index contributed by atoms with van der Waals surface area (Å²) in [6.45, 7) is 4.62. The van der Waals surface area contributed by atoms with E-state index in [9.17, 15) is 18.0 Å². The first kappa shape index (κ1) is 26.0. The van der Waals surface area contributed by atoms with Crippen molar-refractivity contribution in [3.8, 4) is 5.75 Å². The fourth-order valence-electron chi connectivity index (χ4n) is 3.43. The number of aliphatic carboxylic acids is 1. The van der Waals surface area contributed by atoms with Gasteiger partial charge in [-0.2, -0.15) is 13.2 Å².